The minimum Gasteiger partial charge on any atom is -0.508 e. The summed E-state index contributed by atoms with van der Waals surface area (Å²) in [6, 6.07) is 20.7. The zero-order valence-corrected chi connectivity index (χ0v) is 24.8. The standard InChI is InChI=1S/2C18H13NO5/c2*20-13-4-2-12(3-5-13)19-10-11(1-8-17(22)23)16-9-14(21)6-7-15(16)18(19)24/h2*1-10,20-21H,(H,22,23)/b2*8-1+. The molecule has 2 aromatic heterocycles. The average molecular weight is 647 g/mol. The number of nitrogens with zero attached hydrogens (tertiary/aromatic N) is 2. The number of hydrogen-bond acceptors (Lipinski definition) is 8. The fourth-order valence-electron chi connectivity index (χ4n) is 4.91. The SMILES string of the molecule is O=C(O)/C=C/c1cn(-c2ccc(O)cc2)c(=O)c2ccc(O)cc12.O=C(O)/C=C/c1cn(-c2ccc(O)cc2)c(=O)c2ccc(O)cc12. The molecule has 6 N–H and O–H groups in total. The van der Waals surface area contributed by atoms with Crippen LogP contribution >= 0.6 is 0 Å². The maximum Gasteiger partial charge on any atom is 0.328 e. The van der Waals surface area contributed by atoms with E-state index in [0.717, 1.165) is 12.2 Å². The van der Waals surface area contributed by atoms with Gasteiger partial charge in [-0.05, 0) is 119 Å². The number of fused-ring (bicyclic) bond motifs is 2. The van der Waals surface area contributed by atoms with E-state index >= 15 is 0 Å². The number of phenolic OH excluding ortho intramolecular Hbond substituents is 4. The molecule has 6 aromatic rings. The van der Waals surface area contributed by atoms with Crippen LogP contribution in [-0.2, 0) is 9.59 Å². The lowest BCUT2D eigenvalue weighted by Crippen LogP contribution is -2.18. The van der Waals surface area contributed by atoms with Crippen molar-refractivity contribution in [1.82, 2.24) is 9.13 Å². The Morgan fingerprint density at radius 1 is 0.479 bits per heavy atom. The number of hydrogen-bond donors (Lipinski definition) is 6. The molecule has 4 aromatic carbocycles. The van der Waals surface area contributed by atoms with Gasteiger partial charge in [-0.15, -0.1) is 0 Å². The quantitative estimate of drug-likeness (QED) is 0.134. The first kappa shape index (κ1) is 32.3. The highest BCUT2D eigenvalue weighted by molar-refractivity contribution is 5.95. The molecule has 0 aliphatic carbocycles. The van der Waals surface area contributed by atoms with Crippen molar-refractivity contribution in [1.29, 1.82) is 0 Å². The van der Waals surface area contributed by atoms with Crippen LogP contribution in [0.2, 0.25) is 0 Å². The summed E-state index contributed by atoms with van der Waals surface area (Å²) in [7, 11) is 0. The van der Waals surface area contributed by atoms with E-state index in [0.29, 0.717) is 44.0 Å². The summed E-state index contributed by atoms with van der Waals surface area (Å²) in [5, 5.41) is 57.4. The first-order chi connectivity index (χ1) is 22.9. The van der Waals surface area contributed by atoms with Crippen molar-refractivity contribution >= 4 is 45.6 Å². The third kappa shape index (κ3) is 7.08. The van der Waals surface area contributed by atoms with Gasteiger partial charge in [-0.3, -0.25) is 18.7 Å². The fourth-order valence-corrected chi connectivity index (χ4v) is 4.91. The number of phenols is 4. The van der Waals surface area contributed by atoms with Crippen LogP contribution in [0, 0.1) is 0 Å². The minimum absolute atomic E-state index is 0.0192. The predicted octanol–water partition coefficient (Wildman–Crippen LogP) is 5.00. The van der Waals surface area contributed by atoms with Crippen LogP contribution in [0.3, 0.4) is 0 Å². The van der Waals surface area contributed by atoms with Crippen LogP contribution in [0.25, 0.3) is 45.1 Å². The molecule has 0 fully saturated rings. The molecule has 6 rings (SSSR count). The van der Waals surface area contributed by atoms with Gasteiger partial charge in [-0.25, -0.2) is 9.59 Å². The van der Waals surface area contributed by atoms with Crippen LogP contribution in [0.5, 0.6) is 23.0 Å². The highest BCUT2D eigenvalue weighted by atomic mass is 16.4. The van der Waals surface area contributed by atoms with E-state index in [1.807, 2.05) is 0 Å². The van der Waals surface area contributed by atoms with Crippen LogP contribution in [0.1, 0.15) is 11.1 Å². The Bertz CT molecular complexity index is 2200. The summed E-state index contributed by atoms with van der Waals surface area (Å²) in [5.74, 6) is -2.13. The molecular formula is C36H26N2O10. The first-order valence-electron chi connectivity index (χ1n) is 14.1. The first-order valence-corrected chi connectivity index (χ1v) is 14.1. The lowest BCUT2D eigenvalue weighted by Gasteiger charge is -2.11. The molecule has 0 bridgehead atoms. The topological polar surface area (TPSA) is 200 Å². The molecular weight excluding hydrogens is 620 g/mol. The molecule has 240 valence electrons. The second-order valence-electron chi connectivity index (χ2n) is 10.4. The van der Waals surface area contributed by atoms with E-state index in [-0.39, 0.29) is 34.1 Å². The summed E-state index contributed by atoms with van der Waals surface area (Å²) >= 11 is 0. The van der Waals surface area contributed by atoms with Gasteiger partial charge in [0, 0.05) is 46.7 Å². The molecule has 0 amide bonds. The molecule has 0 radical (unpaired) electrons. The second-order valence-corrected chi connectivity index (χ2v) is 10.4. The van der Waals surface area contributed by atoms with Gasteiger partial charge in [-0.1, -0.05) is 0 Å². The normalized spacial score (nSPS) is 11.2. The molecule has 48 heavy (non-hydrogen) atoms. The van der Waals surface area contributed by atoms with Gasteiger partial charge in [0.05, 0.1) is 0 Å². The fraction of sp³-hybridized carbons (Fsp3) is 0. The van der Waals surface area contributed by atoms with Gasteiger partial charge in [0.2, 0.25) is 0 Å². The number of carbonyl (C=O) groups is 2. The Morgan fingerprint density at radius 2 is 0.812 bits per heavy atom. The number of carboxylic acids is 2. The maximum absolute atomic E-state index is 12.7. The van der Waals surface area contributed by atoms with Crippen molar-refractivity contribution in [3.05, 3.63) is 141 Å². The lowest BCUT2D eigenvalue weighted by atomic mass is 10.1. The molecule has 0 saturated heterocycles. The van der Waals surface area contributed by atoms with Crippen LogP contribution in [0.4, 0.5) is 0 Å². The van der Waals surface area contributed by atoms with Gasteiger partial charge in [0.1, 0.15) is 23.0 Å². The van der Waals surface area contributed by atoms with Crippen molar-refractivity contribution in [2.45, 2.75) is 0 Å². The number of aromatic nitrogens is 2. The molecule has 0 unspecified atom stereocenters. The molecule has 12 nitrogen and oxygen atoms in total. The Kier molecular flexibility index (Phi) is 9.09. The molecule has 0 saturated carbocycles. The maximum atomic E-state index is 12.7. The second kappa shape index (κ2) is 13.5. The number of aliphatic carboxylic acids is 2. The van der Waals surface area contributed by atoms with Gasteiger partial charge >= 0.3 is 11.9 Å². The highest BCUT2D eigenvalue weighted by Crippen LogP contribution is 2.25. The number of pyridine rings is 2. The number of benzene rings is 4. The number of aromatic hydroxyl groups is 4. The van der Waals surface area contributed by atoms with Crippen LogP contribution in [0.15, 0.2) is 119 Å². The van der Waals surface area contributed by atoms with Crippen molar-refractivity contribution in [3.8, 4) is 34.4 Å². The molecule has 0 spiro atoms. The summed E-state index contributed by atoms with van der Waals surface area (Å²) in [5.41, 5.74) is 1.36. The van der Waals surface area contributed by atoms with Crippen molar-refractivity contribution in [2.75, 3.05) is 0 Å². The summed E-state index contributed by atoms with van der Waals surface area (Å²) in [4.78, 5) is 47.0. The number of rotatable bonds is 6. The largest absolute Gasteiger partial charge is 0.508 e. The summed E-state index contributed by atoms with van der Waals surface area (Å²) in [6.45, 7) is 0. The van der Waals surface area contributed by atoms with Crippen molar-refractivity contribution in [2.24, 2.45) is 0 Å². The van der Waals surface area contributed by atoms with Gasteiger partial charge in [0.15, 0.2) is 0 Å². The molecule has 12 heteroatoms. The third-order valence-corrected chi connectivity index (χ3v) is 7.13. The third-order valence-electron chi connectivity index (χ3n) is 7.13. The zero-order valence-electron chi connectivity index (χ0n) is 24.8. The highest BCUT2D eigenvalue weighted by Gasteiger charge is 2.12. The average Bonchev–Trinajstić information content (AvgIpc) is 3.05. The lowest BCUT2D eigenvalue weighted by molar-refractivity contribution is -0.132. The molecule has 2 heterocycles. The molecule has 0 aliphatic rings. The smallest absolute Gasteiger partial charge is 0.328 e. The summed E-state index contributed by atoms with van der Waals surface area (Å²) in [6.07, 6.45) is 7.64. The van der Waals surface area contributed by atoms with E-state index in [2.05, 4.69) is 0 Å². The van der Waals surface area contributed by atoms with Crippen LogP contribution < -0.4 is 11.1 Å². The van der Waals surface area contributed by atoms with Crippen LogP contribution in [-0.4, -0.2) is 51.7 Å². The monoisotopic (exact) mass is 646 g/mol. The van der Waals surface area contributed by atoms with E-state index in [4.69, 9.17) is 10.2 Å². The Labute approximate surface area is 270 Å². The molecule has 0 atom stereocenters. The predicted molar refractivity (Wildman–Crippen MR) is 179 cm³/mol. The Balaban J connectivity index is 0.000000188. The van der Waals surface area contributed by atoms with Crippen molar-refractivity contribution in [3.63, 3.8) is 0 Å². The van der Waals surface area contributed by atoms with E-state index in [9.17, 15) is 39.6 Å². The van der Waals surface area contributed by atoms with Gasteiger partial charge in [0.25, 0.3) is 11.1 Å². The molecule has 0 aliphatic heterocycles. The van der Waals surface area contributed by atoms with E-state index in [1.54, 1.807) is 24.3 Å². The van der Waals surface area contributed by atoms with E-state index < -0.39 is 11.9 Å². The van der Waals surface area contributed by atoms with Gasteiger partial charge in [-0.2, -0.15) is 0 Å². The summed E-state index contributed by atoms with van der Waals surface area (Å²) < 4.78 is 2.72. The van der Waals surface area contributed by atoms with Crippen molar-refractivity contribution < 1.29 is 40.2 Å². The minimum atomic E-state index is -1.12. The Morgan fingerprint density at radius 3 is 1.15 bits per heavy atom. The zero-order chi connectivity index (χ0) is 34.5. The Hall–Kier alpha value is -7.08. The number of carboxylic acid groups (broad SMARTS) is 2. The van der Waals surface area contributed by atoms with Gasteiger partial charge < -0.3 is 30.6 Å². The van der Waals surface area contributed by atoms with E-state index in [1.165, 1.54) is 94.3 Å².